The molecule has 0 radical (unpaired) electrons. The first-order valence-corrected chi connectivity index (χ1v) is 7.99. The quantitative estimate of drug-likeness (QED) is 0.892. The number of rotatable bonds is 3. The number of aliphatic hydroxyl groups excluding tert-OH is 1. The zero-order valence-electron chi connectivity index (χ0n) is 13.3. The lowest BCUT2D eigenvalue weighted by molar-refractivity contribution is -0.142. The molecule has 0 bridgehead atoms. The Morgan fingerprint density at radius 3 is 2.64 bits per heavy atom. The van der Waals surface area contributed by atoms with E-state index in [4.69, 9.17) is 0 Å². The molecule has 0 aliphatic carbocycles. The van der Waals surface area contributed by atoms with Crippen molar-refractivity contribution < 1.29 is 23.1 Å². The van der Waals surface area contributed by atoms with E-state index in [-0.39, 0.29) is 11.5 Å². The number of aliphatic hydroxyl groups is 1. The second kappa shape index (κ2) is 6.87. The fourth-order valence-electron chi connectivity index (χ4n) is 3.12. The summed E-state index contributed by atoms with van der Waals surface area (Å²) < 4.78 is 38.3. The lowest BCUT2D eigenvalue weighted by Crippen LogP contribution is -2.40. The number of H-pyrrole nitrogens is 1. The molecule has 8 heteroatoms. The molecule has 1 aromatic heterocycles. The summed E-state index contributed by atoms with van der Waals surface area (Å²) in [7, 11) is 0. The smallest absolute Gasteiger partial charge is 0.378 e. The molecule has 1 saturated heterocycles. The van der Waals surface area contributed by atoms with Gasteiger partial charge in [-0.2, -0.15) is 18.3 Å². The Hall–Kier alpha value is -2.35. The number of hydrogen-bond acceptors (Lipinski definition) is 3. The van der Waals surface area contributed by atoms with Crippen LogP contribution in [0.1, 0.15) is 41.6 Å². The maximum Gasteiger partial charge on any atom is 0.416 e. The van der Waals surface area contributed by atoms with Gasteiger partial charge in [0, 0.05) is 19.3 Å². The van der Waals surface area contributed by atoms with Crippen LogP contribution in [-0.4, -0.2) is 39.2 Å². The van der Waals surface area contributed by atoms with Crippen LogP contribution in [-0.2, 0) is 11.0 Å². The van der Waals surface area contributed by atoms with Crippen LogP contribution in [0.5, 0.6) is 0 Å². The third-order valence-electron chi connectivity index (χ3n) is 4.56. The van der Waals surface area contributed by atoms with Crippen molar-refractivity contribution >= 4 is 5.91 Å². The Morgan fingerprint density at radius 2 is 2.04 bits per heavy atom. The van der Waals surface area contributed by atoms with E-state index in [9.17, 15) is 23.1 Å². The Bertz CT molecular complexity index is 723. The third-order valence-corrected chi connectivity index (χ3v) is 4.56. The van der Waals surface area contributed by atoms with Crippen LogP contribution in [0.2, 0.25) is 0 Å². The average molecular weight is 353 g/mol. The molecular formula is C17H18F3N3O2. The standard InChI is InChI=1S/C17H18F3N3O2/c18-17(19,20)14-3-1-2-12(8-14)15(24)16(25)23-6-4-11(5-7-23)13-9-21-22-10-13/h1-3,8-11,15,24H,4-7H2,(H,21,22). The number of halogens is 3. The second-order valence-electron chi connectivity index (χ2n) is 6.16. The Kier molecular flexibility index (Phi) is 4.80. The van der Waals surface area contributed by atoms with Gasteiger partial charge in [0.25, 0.3) is 5.91 Å². The monoisotopic (exact) mass is 353 g/mol. The van der Waals surface area contributed by atoms with E-state index < -0.39 is 23.8 Å². The van der Waals surface area contributed by atoms with E-state index in [1.807, 2.05) is 6.20 Å². The van der Waals surface area contributed by atoms with Crippen LogP contribution in [0, 0.1) is 0 Å². The van der Waals surface area contributed by atoms with E-state index in [1.54, 1.807) is 6.20 Å². The number of likely N-dealkylation sites (tertiary alicyclic amines) is 1. The molecule has 2 aromatic rings. The number of benzene rings is 1. The van der Waals surface area contributed by atoms with Gasteiger partial charge in [0.2, 0.25) is 0 Å². The Balaban J connectivity index is 1.65. The van der Waals surface area contributed by atoms with Gasteiger partial charge in [-0.3, -0.25) is 9.89 Å². The fourth-order valence-corrected chi connectivity index (χ4v) is 3.12. The molecule has 1 fully saturated rings. The minimum atomic E-state index is -4.51. The normalized spacial score (nSPS) is 17.5. The highest BCUT2D eigenvalue weighted by atomic mass is 19.4. The van der Waals surface area contributed by atoms with Gasteiger partial charge in [-0.25, -0.2) is 0 Å². The van der Waals surface area contributed by atoms with Gasteiger partial charge in [0.15, 0.2) is 6.10 Å². The van der Waals surface area contributed by atoms with Gasteiger partial charge >= 0.3 is 6.18 Å². The number of piperidine rings is 1. The van der Waals surface area contributed by atoms with Gasteiger partial charge in [0.1, 0.15) is 0 Å². The molecule has 25 heavy (non-hydrogen) atoms. The number of carbonyl (C=O) groups is 1. The van der Waals surface area contributed by atoms with E-state index in [1.165, 1.54) is 17.0 Å². The summed E-state index contributed by atoms with van der Waals surface area (Å²) >= 11 is 0. The first-order chi connectivity index (χ1) is 11.9. The lowest BCUT2D eigenvalue weighted by atomic mass is 9.91. The predicted octanol–water partition coefficient (Wildman–Crippen LogP) is 2.87. The topological polar surface area (TPSA) is 69.2 Å². The summed E-state index contributed by atoms with van der Waals surface area (Å²) in [5.41, 5.74) is 0.151. The first kappa shape index (κ1) is 17.5. The fraction of sp³-hybridized carbons (Fsp3) is 0.412. The second-order valence-corrected chi connectivity index (χ2v) is 6.16. The molecule has 2 N–H and O–H groups in total. The molecule has 134 valence electrons. The van der Waals surface area contributed by atoms with Crippen molar-refractivity contribution in [3.8, 4) is 0 Å². The van der Waals surface area contributed by atoms with Gasteiger partial charge in [-0.1, -0.05) is 12.1 Å². The van der Waals surface area contributed by atoms with Crippen molar-refractivity contribution in [2.75, 3.05) is 13.1 Å². The highest BCUT2D eigenvalue weighted by Crippen LogP contribution is 2.32. The molecule has 1 atom stereocenters. The summed E-state index contributed by atoms with van der Waals surface area (Å²) in [4.78, 5) is 13.9. The SMILES string of the molecule is O=C(C(O)c1cccc(C(F)(F)F)c1)N1CCC(c2cn[nH]c2)CC1. The van der Waals surface area contributed by atoms with Gasteiger partial charge < -0.3 is 10.0 Å². The van der Waals surface area contributed by atoms with E-state index in [0.717, 1.165) is 30.5 Å². The zero-order valence-corrected chi connectivity index (χ0v) is 13.3. The summed E-state index contributed by atoms with van der Waals surface area (Å²) in [6, 6.07) is 4.26. The van der Waals surface area contributed by atoms with E-state index >= 15 is 0 Å². The van der Waals surface area contributed by atoms with Crippen molar-refractivity contribution in [1.29, 1.82) is 0 Å². The van der Waals surface area contributed by atoms with Crippen molar-refractivity contribution in [2.45, 2.75) is 31.0 Å². The minimum Gasteiger partial charge on any atom is -0.378 e. The van der Waals surface area contributed by atoms with Crippen molar-refractivity contribution in [1.82, 2.24) is 15.1 Å². The summed E-state index contributed by atoms with van der Waals surface area (Å²) in [6.07, 6.45) is -1.09. The number of alkyl halides is 3. The molecular weight excluding hydrogens is 335 g/mol. The van der Waals surface area contributed by atoms with Gasteiger partial charge in [0.05, 0.1) is 11.8 Å². The molecule has 2 heterocycles. The largest absolute Gasteiger partial charge is 0.416 e. The molecule has 1 aliphatic heterocycles. The highest BCUT2D eigenvalue weighted by Gasteiger charge is 2.33. The maximum atomic E-state index is 12.8. The first-order valence-electron chi connectivity index (χ1n) is 7.99. The highest BCUT2D eigenvalue weighted by molar-refractivity contribution is 5.82. The van der Waals surface area contributed by atoms with Crippen molar-refractivity contribution in [3.05, 3.63) is 53.3 Å². The Morgan fingerprint density at radius 1 is 1.32 bits per heavy atom. The molecule has 1 aromatic carbocycles. The van der Waals surface area contributed by atoms with Crippen LogP contribution in [0.3, 0.4) is 0 Å². The van der Waals surface area contributed by atoms with Gasteiger partial charge in [-0.05, 0) is 42.0 Å². The van der Waals surface area contributed by atoms with E-state index in [0.29, 0.717) is 13.1 Å². The minimum absolute atomic E-state index is 0.0446. The van der Waals surface area contributed by atoms with E-state index in [2.05, 4.69) is 10.2 Å². The predicted molar refractivity (Wildman–Crippen MR) is 83.5 cm³/mol. The average Bonchev–Trinajstić information content (AvgIpc) is 3.15. The lowest BCUT2D eigenvalue weighted by Gasteiger charge is -2.33. The van der Waals surface area contributed by atoms with Crippen LogP contribution in [0.4, 0.5) is 13.2 Å². The number of aromatic nitrogens is 2. The van der Waals surface area contributed by atoms with Crippen molar-refractivity contribution in [3.63, 3.8) is 0 Å². The molecule has 3 rings (SSSR count). The van der Waals surface area contributed by atoms with Crippen LogP contribution >= 0.6 is 0 Å². The van der Waals surface area contributed by atoms with Crippen LogP contribution in [0.25, 0.3) is 0 Å². The van der Waals surface area contributed by atoms with Crippen molar-refractivity contribution in [2.24, 2.45) is 0 Å². The molecule has 0 saturated carbocycles. The molecule has 5 nitrogen and oxygen atoms in total. The molecule has 1 unspecified atom stereocenters. The third kappa shape index (κ3) is 3.84. The summed E-state index contributed by atoms with van der Waals surface area (Å²) in [6.45, 7) is 0.898. The maximum absolute atomic E-state index is 12.8. The Labute approximate surface area is 142 Å². The summed E-state index contributed by atoms with van der Waals surface area (Å²) in [5.74, 6) is -0.279. The summed E-state index contributed by atoms with van der Waals surface area (Å²) in [5, 5.41) is 16.9. The molecule has 0 spiro atoms. The van der Waals surface area contributed by atoms with Crippen LogP contribution < -0.4 is 0 Å². The number of aromatic amines is 1. The molecule has 1 aliphatic rings. The number of hydrogen-bond donors (Lipinski definition) is 2. The number of carbonyl (C=O) groups excluding carboxylic acids is 1. The number of nitrogens with one attached hydrogen (secondary N) is 1. The van der Waals surface area contributed by atoms with Crippen LogP contribution in [0.15, 0.2) is 36.7 Å². The zero-order chi connectivity index (χ0) is 18.0. The van der Waals surface area contributed by atoms with Gasteiger partial charge in [-0.15, -0.1) is 0 Å². The number of amides is 1. The molecule has 1 amide bonds. The number of nitrogens with zero attached hydrogens (tertiary/aromatic N) is 2.